The van der Waals surface area contributed by atoms with Gasteiger partial charge in [0.1, 0.15) is 11.9 Å². The fraction of sp³-hybridized carbons (Fsp3) is 0.0800. The minimum atomic E-state index is -0.607. The van der Waals surface area contributed by atoms with Gasteiger partial charge in [-0.15, -0.1) is 0 Å². The SMILES string of the molecule is Cc1ccc(N[C@H](C(=O)c2ccc3ccccc3c2)c2ccc(F)cc2)cc1. The van der Waals surface area contributed by atoms with Gasteiger partial charge in [0.05, 0.1) is 0 Å². The summed E-state index contributed by atoms with van der Waals surface area (Å²) in [6.07, 6.45) is 0. The van der Waals surface area contributed by atoms with Gasteiger partial charge in [-0.1, -0.05) is 66.2 Å². The normalized spacial score (nSPS) is 11.9. The van der Waals surface area contributed by atoms with Crippen LogP contribution in [-0.4, -0.2) is 5.78 Å². The summed E-state index contributed by atoms with van der Waals surface area (Å²) < 4.78 is 13.4. The van der Waals surface area contributed by atoms with Gasteiger partial charge < -0.3 is 5.32 Å². The molecule has 0 heterocycles. The number of ketones is 1. The third kappa shape index (κ3) is 3.79. The lowest BCUT2D eigenvalue weighted by molar-refractivity contribution is 0.0969. The van der Waals surface area contributed by atoms with E-state index in [0.29, 0.717) is 5.56 Å². The molecule has 0 bridgehead atoms. The fourth-order valence-electron chi connectivity index (χ4n) is 3.28. The van der Waals surface area contributed by atoms with Gasteiger partial charge in [-0.3, -0.25) is 4.79 Å². The Bertz CT molecular complexity index is 1120. The molecule has 28 heavy (non-hydrogen) atoms. The van der Waals surface area contributed by atoms with Gasteiger partial charge in [0.25, 0.3) is 0 Å². The van der Waals surface area contributed by atoms with Gasteiger partial charge >= 0.3 is 0 Å². The number of carbonyl (C=O) groups is 1. The number of aryl methyl sites for hydroxylation is 1. The van der Waals surface area contributed by atoms with Crippen LogP contribution < -0.4 is 5.32 Å². The summed E-state index contributed by atoms with van der Waals surface area (Å²) in [7, 11) is 0. The van der Waals surface area contributed by atoms with Crippen molar-refractivity contribution < 1.29 is 9.18 Å². The molecular formula is C25H20FNO. The van der Waals surface area contributed by atoms with Crippen molar-refractivity contribution in [3.8, 4) is 0 Å². The van der Waals surface area contributed by atoms with Crippen LogP contribution in [0.15, 0.2) is 91.0 Å². The summed E-state index contributed by atoms with van der Waals surface area (Å²) in [5.74, 6) is -0.381. The largest absolute Gasteiger partial charge is 0.371 e. The van der Waals surface area contributed by atoms with E-state index in [1.165, 1.54) is 12.1 Å². The second kappa shape index (κ2) is 7.65. The molecule has 0 fully saturated rings. The average Bonchev–Trinajstić information content (AvgIpc) is 2.73. The number of carbonyl (C=O) groups excluding carboxylic acids is 1. The predicted molar refractivity (Wildman–Crippen MR) is 112 cm³/mol. The first-order chi connectivity index (χ1) is 13.6. The summed E-state index contributed by atoms with van der Waals surface area (Å²) in [5.41, 5.74) is 3.33. The van der Waals surface area contributed by atoms with Crippen LogP contribution in [0.25, 0.3) is 10.8 Å². The molecule has 3 heteroatoms. The van der Waals surface area contributed by atoms with E-state index in [1.54, 1.807) is 12.1 Å². The molecule has 0 aliphatic carbocycles. The molecule has 0 aliphatic rings. The number of fused-ring (bicyclic) bond motifs is 1. The summed E-state index contributed by atoms with van der Waals surface area (Å²) in [6.45, 7) is 2.02. The highest BCUT2D eigenvalue weighted by Gasteiger charge is 2.22. The lowest BCUT2D eigenvalue weighted by atomic mass is 9.95. The summed E-state index contributed by atoms with van der Waals surface area (Å²) >= 11 is 0. The van der Waals surface area contributed by atoms with Crippen molar-refractivity contribution in [1.82, 2.24) is 0 Å². The molecule has 0 aliphatic heterocycles. The number of hydrogen-bond donors (Lipinski definition) is 1. The van der Waals surface area contributed by atoms with E-state index in [1.807, 2.05) is 73.7 Å². The fourth-order valence-corrected chi connectivity index (χ4v) is 3.28. The van der Waals surface area contributed by atoms with Crippen molar-refractivity contribution in [2.24, 2.45) is 0 Å². The maximum absolute atomic E-state index is 13.4. The molecule has 4 rings (SSSR count). The highest BCUT2D eigenvalue weighted by molar-refractivity contribution is 6.04. The maximum Gasteiger partial charge on any atom is 0.189 e. The Balaban J connectivity index is 1.73. The maximum atomic E-state index is 13.4. The molecule has 0 saturated heterocycles. The second-order valence-corrected chi connectivity index (χ2v) is 6.92. The van der Waals surface area contributed by atoms with Crippen LogP contribution in [0, 0.1) is 12.7 Å². The third-order valence-corrected chi connectivity index (χ3v) is 4.86. The van der Waals surface area contributed by atoms with Gasteiger partial charge in [0.15, 0.2) is 5.78 Å². The van der Waals surface area contributed by atoms with Crippen LogP contribution in [0.2, 0.25) is 0 Å². The van der Waals surface area contributed by atoms with Crippen LogP contribution in [0.4, 0.5) is 10.1 Å². The molecule has 0 aromatic heterocycles. The van der Waals surface area contributed by atoms with E-state index in [9.17, 15) is 9.18 Å². The number of Topliss-reactive ketones (excluding diaryl/α,β-unsaturated/α-hetero) is 1. The first-order valence-electron chi connectivity index (χ1n) is 9.22. The van der Waals surface area contributed by atoms with Gasteiger partial charge in [-0.25, -0.2) is 4.39 Å². The van der Waals surface area contributed by atoms with E-state index in [4.69, 9.17) is 0 Å². The lowest BCUT2D eigenvalue weighted by Gasteiger charge is -2.20. The smallest absolute Gasteiger partial charge is 0.189 e. The van der Waals surface area contributed by atoms with Crippen LogP contribution in [0.5, 0.6) is 0 Å². The van der Waals surface area contributed by atoms with E-state index < -0.39 is 6.04 Å². The topological polar surface area (TPSA) is 29.1 Å². The molecule has 0 amide bonds. The quantitative estimate of drug-likeness (QED) is 0.417. The zero-order chi connectivity index (χ0) is 19.5. The molecule has 0 spiro atoms. The highest BCUT2D eigenvalue weighted by atomic mass is 19.1. The first kappa shape index (κ1) is 17.9. The van der Waals surface area contributed by atoms with Crippen molar-refractivity contribution in [2.45, 2.75) is 13.0 Å². The number of benzene rings is 4. The molecule has 4 aromatic rings. The molecule has 138 valence electrons. The van der Waals surface area contributed by atoms with Crippen LogP contribution in [-0.2, 0) is 0 Å². The standard InChI is InChI=1S/C25H20FNO/c1-17-6-14-23(15-7-17)27-24(19-10-12-22(26)13-11-19)25(28)21-9-8-18-4-2-3-5-20(18)16-21/h2-16,24,27H,1H3/t24-/m0/s1. The Morgan fingerprint density at radius 2 is 1.50 bits per heavy atom. The monoisotopic (exact) mass is 369 g/mol. The molecule has 2 nitrogen and oxygen atoms in total. The lowest BCUT2D eigenvalue weighted by Crippen LogP contribution is -2.21. The number of hydrogen-bond acceptors (Lipinski definition) is 2. The Hall–Kier alpha value is -3.46. The Kier molecular flexibility index (Phi) is 4.90. The van der Waals surface area contributed by atoms with E-state index >= 15 is 0 Å². The van der Waals surface area contributed by atoms with E-state index in [2.05, 4.69) is 5.32 Å². The predicted octanol–water partition coefficient (Wildman–Crippen LogP) is 6.32. The first-order valence-corrected chi connectivity index (χ1v) is 9.22. The molecular weight excluding hydrogens is 349 g/mol. The average molecular weight is 369 g/mol. The number of rotatable bonds is 5. The van der Waals surface area contributed by atoms with Crippen LogP contribution in [0.1, 0.15) is 27.5 Å². The van der Waals surface area contributed by atoms with Gasteiger partial charge in [0.2, 0.25) is 0 Å². The van der Waals surface area contributed by atoms with Crippen molar-refractivity contribution >= 4 is 22.2 Å². The van der Waals surface area contributed by atoms with E-state index in [-0.39, 0.29) is 11.6 Å². The van der Waals surface area contributed by atoms with E-state index in [0.717, 1.165) is 27.6 Å². The Morgan fingerprint density at radius 1 is 0.821 bits per heavy atom. The van der Waals surface area contributed by atoms with Crippen molar-refractivity contribution in [1.29, 1.82) is 0 Å². The van der Waals surface area contributed by atoms with Crippen LogP contribution in [0.3, 0.4) is 0 Å². The van der Waals surface area contributed by atoms with Crippen molar-refractivity contribution in [3.63, 3.8) is 0 Å². The van der Waals surface area contributed by atoms with Crippen LogP contribution >= 0.6 is 0 Å². The third-order valence-electron chi connectivity index (χ3n) is 4.86. The molecule has 1 atom stereocenters. The minimum absolute atomic E-state index is 0.0575. The number of anilines is 1. The zero-order valence-electron chi connectivity index (χ0n) is 15.5. The molecule has 1 N–H and O–H groups in total. The summed E-state index contributed by atoms with van der Waals surface area (Å²) in [5, 5.41) is 5.42. The Labute approximate surface area is 163 Å². The molecule has 0 unspecified atom stereocenters. The summed E-state index contributed by atoms with van der Waals surface area (Å²) in [4.78, 5) is 13.4. The number of halogens is 1. The Morgan fingerprint density at radius 3 is 2.21 bits per heavy atom. The zero-order valence-corrected chi connectivity index (χ0v) is 15.5. The summed E-state index contributed by atoms with van der Waals surface area (Å²) in [6, 6.07) is 27.0. The van der Waals surface area contributed by atoms with Crippen molar-refractivity contribution in [3.05, 3.63) is 114 Å². The number of nitrogens with one attached hydrogen (secondary N) is 1. The minimum Gasteiger partial charge on any atom is -0.371 e. The molecule has 4 aromatic carbocycles. The van der Waals surface area contributed by atoms with Gasteiger partial charge in [-0.2, -0.15) is 0 Å². The van der Waals surface area contributed by atoms with Crippen molar-refractivity contribution in [2.75, 3.05) is 5.32 Å². The molecule has 0 radical (unpaired) electrons. The molecule has 0 saturated carbocycles. The second-order valence-electron chi connectivity index (χ2n) is 6.92. The van der Waals surface area contributed by atoms with Gasteiger partial charge in [0, 0.05) is 11.3 Å². The van der Waals surface area contributed by atoms with Gasteiger partial charge in [-0.05, 0) is 53.6 Å². The highest BCUT2D eigenvalue weighted by Crippen LogP contribution is 2.26.